The van der Waals surface area contributed by atoms with Gasteiger partial charge in [0.05, 0.1) is 6.54 Å². The molecule has 0 spiro atoms. The van der Waals surface area contributed by atoms with Gasteiger partial charge in [-0.2, -0.15) is 13.2 Å². The average Bonchev–Trinajstić information content (AvgIpc) is 2.30. The van der Waals surface area contributed by atoms with Gasteiger partial charge in [0.1, 0.15) is 0 Å². The normalized spacial score (nSPS) is 21.2. The highest BCUT2D eigenvalue weighted by Gasteiger charge is 2.32. The summed E-state index contributed by atoms with van der Waals surface area (Å²) in [6.45, 7) is 4.31. The van der Waals surface area contributed by atoms with E-state index in [1.807, 2.05) is 0 Å². The Hall–Kier alpha value is -0.330. The van der Waals surface area contributed by atoms with Gasteiger partial charge in [0.2, 0.25) is 0 Å². The average molecular weight is 267 g/mol. The van der Waals surface area contributed by atoms with Crippen LogP contribution in [0.4, 0.5) is 13.2 Å². The van der Waals surface area contributed by atoms with Gasteiger partial charge in [-0.15, -0.1) is 0 Å². The molecule has 108 valence electrons. The van der Waals surface area contributed by atoms with Crippen molar-refractivity contribution in [3.05, 3.63) is 0 Å². The molecule has 1 aliphatic rings. The van der Waals surface area contributed by atoms with E-state index >= 15 is 0 Å². The van der Waals surface area contributed by atoms with Crippen molar-refractivity contribution >= 4 is 0 Å². The van der Waals surface area contributed by atoms with Crippen molar-refractivity contribution in [2.24, 2.45) is 5.73 Å². The summed E-state index contributed by atoms with van der Waals surface area (Å²) in [6, 6.07) is 0.331. The summed E-state index contributed by atoms with van der Waals surface area (Å²) in [4.78, 5) is 3.71. The van der Waals surface area contributed by atoms with Crippen LogP contribution >= 0.6 is 0 Å². The number of hydrogen-bond acceptors (Lipinski definition) is 3. The standard InChI is InChI=1S/C12H24F3N3/c1-2-3-4-11(9-16)18-7-5-17(6-8-18)10-12(13,14)15/h11H,2-10,16H2,1H3. The third kappa shape index (κ3) is 5.54. The Kier molecular flexibility index (Phi) is 6.38. The highest BCUT2D eigenvalue weighted by Crippen LogP contribution is 2.18. The lowest BCUT2D eigenvalue weighted by Gasteiger charge is -2.39. The Morgan fingerprint density at radius 1 is 1.17 bits per heavy atom. The van der Waals surface area contributed by atoms with E-state index in [0.717, 1.165) is 19.3 Å². The second kappa shape index (κ2) is 7.31. The smallest absolute Gasteiger partial charge is 0.329 e. The first-order chi connectivity index (χ1) is 8.46. The third-order valence-electron chi connectivity index (χ3n) is 3.49. The molecule has 2 N–H and O–H groups in total. The minimum absolute atomic E-state index is 0.331. The Bertz CT molecular complexity index is 225. The predicted molar refractivity (Wildman–Crippen MR) is 66.4 cm³/mol. The van der Waals surface area contributed by atoms with Crippen molar-refractivity contribution in [3.63, 3.8) is 0 Å². The predicted octanol–water partition coefficient (Wildman–Crippen LogP) is 1.68. The van der Waals surface area contributed by atoms with Gasteiger partial charge in [-0.1, -0.05) is 19.8 Å². The molecule has 0 saturated carbocycles. The molecule has 1 aliphatic heterocycles. The molecule has 1 rings (SSSR count). The van der Waals surface area contributed by atoms with E-state index in [2.05, 4.69) is 11.8 Å². The van der Waals surface area contributed by atoms with Gasteiger partial charge < -0.3 is 5.73 Å². The maximum atomic E-state index is 12.3. The maximum Gasteiger partial charge on any atom is 0.401 e. The fourth-order valence-corrected chi connectivity index (χ4v) is 2.43. The summed E-state index contributed by atoms with van der Waals surface area (Å²) in [5.41, 5.74) is 5.75. The molecule has 0 aliphatic carbocycles. The van der Waals surface area contributed by atoms with Gasteiger partial charge in [0.15, 0.2) is 0 Å². The highest BCUT2D eigenvalue weighted by molar-refractivity contribution is 4.80. The summed E-state index contributed by atoms with van der Waals surface area (Å²) >= 11 is 0. The van der Waals surface area contributed by atoms with E-state index in [9.17, 15) is 13.2 Å². The van der Waals surface area contributed by atoms with Crippen LogP contribution in [-0.2, 0) is 0 Å². The van der Waals surface area contributed by atoms with Crippen LogP contribution in [0.15, 0.2) is 0 Å². The fraction of sp³-hybridized carbons (Fsp3) is 1.00. The monoisotopic (exact) mass is 267 g/mol. The van der Waals surface area contributed by atoms with Gasteiger partial charge in [-0.25, -0.2) is 0 Å². The molecule has 0 radical (unpaired) electrons. The molecular weight excluding hydrogens is 243 g/mol. The molecule has 1 unspecified atom stereocenters. The summed E-state index contributed by atoms with van der Waals surface area (Å²) < 4.78 is 36.8. The van der Waals surface area contributed by atoms with Crippen LogP contribution in [0.1, 0.15) is 26.2 Å². The molecule has 18 heavy (non-hydrogen) atoms. The molecule has 1 saturated heterocycles. The van der Waals surface area contributed by atoms with Crippen LogP contribution in [0, 0.1) is 0 Å². The van der Waals surface area contributed by atoms with Gasteiger partial charge in [-0.3, -0.25) is 9.80 Å². The number of hydrogen-bond donors (Lipinski definition) is 1. The van der Waals surface area contributed by atoms with Crippen LogP contribution < -0.4 is 5.73 Å². The van der Waals surface area contributed by atoms with Crippen LogP contribution in [-0.4, -0.2) is 61.3 Å². The zero-order valence-electron chi connectivity index (χ0n) is 11.0. The zero-order chi connectivity index (χ0) is 13.6. The number of rotatable bonds is 6. The molecule has 6 heteroatoms. The van der Waals surface area contributed by atoms with Gasteiger partial charge >= 0.3 is 6.18 Å². The quantitative estimate of drug-likeness (QED) is 0.795. The van der Waals surface area contributed by atoms with Crippen molar-refractivity contribution in [1.82, 2.24) is 9.80 Å². The SMILES string of the molecule is CCCCC(CN)N1CCN(CC(F)(F)F)CC1. The summed E-state index contributed by atoms with van der Waals surface area (Å²) in [5, 5.41) is 0. The second-order valence-corrected chi connectivity index (χ2v) is 4.96. The van der Waals surface area contributed by atoms with Crippen molar-refractivity contribution in [1.29, 1.82) is 0 Å². The maximum absolute atomic E-state index is 12.3. The van der Waals surface area contributed by atoms with Gasteiger partial charge in [0, 0.05) is 38.8 Å². The summed E-state index contributed by atoms with van der Waals surface area (Å²) in [5.74, 6) is 0. The Morgan fingerprint density at radius 3 is 2.22 bits per heavy atom. The lowest BCUT2D eigenvalue weighted by molar-refractivity contribution is -0.149. The van der Waals surface area contributed by atoms with Crippen molar-refractivity contribution < 1.29 is 13.2 Å². The van der Waals surface area contributed by atoms with E-state index < -0.39 is 12.7 Å². The molecule has 1 heterocycles. The molecule has 0 aromatic heterocycles. The molecule has 1 atom stereocenters. The highest BCUT2D eigenvalue weighted by atomic mass is 19.4. The molecule has 3 nitrogen and oxygen atoms in total. The van der Waals surface area contributed by atoms with Gasteiger partial charge in [-0.05, 0) is 6.42 Å². The number of piperazine rings is 1. The topological polar surface area (TPSA) is 32.5 Å². The van der Waals surface area contributed by atoms with Gasteiger partial charge in [0.25, 0.3) is 0 Å². The number of unbranched alkanes of at least 4 members (excludes halogenated alkanes) is 1. The molecule has 0 aromatic carbocycles. The molecular formula is C12H24F3N3. The van der Waals surface area contributed by atoms with Crippen LogP contribution in [0.25, 0.3) is 0 Å². The van der Waals surface area contributed by atoms with E-state index in [4.69, 9.17) is 5.73 Å². The zero-order valence-corrected chi connectivity index (χ0v) is 11.0. The Balaban J connectivity index is 2.33. The minimum atomic E-state index is -4.09. The second-order valence-electron chi connectivity index (χ2n) is 4.96. The molecule has 0 aromatic rings. The van der Waals surface area contributed by atoms with E-state index in [-0.39, 0.29) is 0 Å². The third-order valence-corrected chi connectivity index (χ3v) is 3.49. The van der Waals surface area contributed by atoms with Crippen molar-refractivity contribution in [2.45, 2.75) is 38.4 Å². The molecule has 0 amide bonds. The van der Waals surface area contributed by atoms with E-state index in [0.29, 0.717) is 38.8 Å². The molecule has 1 fully saturated rings. The van der Waals surface area contributed by atoms with Crippen molar-refractivity contribution in [3.8, 4) is 0 Å². The van der Waals surface area contributed by atoms with E-state index in [1.54, 1.807) is 0 Å². The van der Waals surface area contributed by atoms with Crippen molar-refractivity contribution in [2.75, 3.05) is 39.3 Å². The van der Waals surface area contributed by atoms with Crippen LogP contribution in [0.2, 0.25) is 0 Å². The number of halogens is 3. The first-order valence-corrected chi connectivity index (χ1v) is 6.69. The van der Waals surface area contributed by atoms with E-state index in [1.165, 1.54) is 4.90 Å². The fourth-order valence-electron chi connectivity index (χ4n) is 2.43. The lowest BCUT2D eigenvalue weighted by atomic mass is 10.1. The van der Waals surface area contributed by atoms with Crippen LogP contribution in [0.3, 0.4) is 0 Å². The summed E-state index contributed by atoms with van der Waals surface area (Å²) in [6.07, 6.45) is -0.779. The lowest BCUT2D eigenvalue weighted by Crippen LogP contribution is -2.53. The first-order valence-electron chi connectivity index (χ1n) is 6.69. The molecule has 0 bridgehead atoms. The van der Waals surface area contributed by atoms with Crippen LogP contribution in [0.5, 0.6) is 0 Å². The number of nitrogens with zero attached hydrogens (tertiary/aromatic N) is 2. The minimum Gasteiger partial charge on any atom is -0.329 e. The number of alkyl halides is 3. The Labute approximate surface area is 107 Å². The first kappa shape index (κ1) is 15.7. The summed E-state index contributed by atoms with van der Waals surface area (Å²) in [7, 11) is 0. The number of nitrogens with two attached hydrogens (primary N) is 1. The largest absolute Gasteiger partial charge is 0.401 e. The Morgan fingerprint density at radius 2 is 1.78 bits per heavy atom.